The molecule has 0 aliphatic carbocycles. The summed E-state index contributed by atoms with van der Waals surface area (Å²) >= 11 is 0. The van der Waals surface area contributed by atoms with Crippen LogP contribution in [0, 0.1) is 0 Å². The molecule has 0 heterocycles. The van der Waals surface area contributed by atoms with E-state index in [2.05, 4.69) is 10.0 Å². The van der Waals surface area contributed by atoms with E-state index in [4.69, 9.17) is 0 Å². The third-order valence-corrected chi connectivity index (χ3v) is 4.35. The van der Waals surface area contributed by atoms with Crippen molar-refractivity contribution >= 4 is 28.3 Å². The van der Waals surface area contributed by atoms with Crippen LogP contribution < -0.4 is 15.4 Å². The molecule has 1 rings (SSSR count). The molecule has 1 atom stereocenters. The van der Waals surface area contributed by atoms with Crippen LogP contribution in [0.4, 0.5) is 13.2 Å². The molecule has 0 aliphatic heterocycles. The predicted octanol–water partition coefficient (Wildman–Crippen LogP) is 1.29. The van der Waals surface area contributed by atoms with Crippen molar-refractivity contribution in [1.29, 1.82) is 0 Å². The second-order valence-electron chi connectivity index (χ2n) is 4.87. The smallest absolute Gasteiger partial charge is 0.343 e. The van der Waals surface area contributed by atoms with Crippen LogP contribution in [0.5, 0.6) is 0 Å². The van der Waals surface area contributed by atoms with Gasteiger partial charge in [0.1, 0.15) is 6.54 Å². The van der Waals surface area contributed by atoms with Gasteiger partial charge in [0.05, 0.1) is 4.90 Å². The molecule has 138 valence electrons. The van der Waals surface area contributed by atoms with Crippen LogP contribution in [0.3, 0.4) is 0 Å². The number of alkyl halides is 3. The first-order valence-electron chi connectivity index (χ1n) is 6.67. The number of carbonyl (C=O) groups is 1. The molecule has 6 nitrogen and oxygen atoms in total. The fourth-order valence-electron chi connectivity index (χ4n) is 1.51. The molecule has 0 radical (unpaired) electrons. The summed E-state index contributed by atoms with van der Waals surface area (Å²) in [6, 6.07) is 4.70. The summed E-state index contributed by atoms with van der Waals surface area (Å²) in [4.78, 5) is 11.5. The normalized spacial score (nSPS) is 13.0. The lowest BCUT2D eigenvalue weighted by molar-refractivity contribution is -0.123. The molecule has 1 aromatic rings. The van der Waals surface area contributed by atoms with E-state index in [-0.39, 0.29) is 35.5 Å². The largest absolute Gasteiger partial charge is 0.405 e. The van der Waals surface area contributed by atoms with Crippen molar-refractivity contribution in [2.75, 3.05) is 20.1 Å². The van der Waals surface area contributed by atoms with Gasteiger partial charge in [-0.05, 0) is 32.2 Å². The third kappa shape index (κ3) is 7.47. The predicted molar refractivity (Wildman–Crippen MR) is 85.8 cm³/mol. The van der Waals surface area contributed by atoms with E-state index in [1.165, 1.54) is 18.2 Å². The quantitative estimate of drug-likeness (QED) is 0.655. The highest BCUT2D eigenvalue weighted by atomic mass is 35.5. The highest BCUT2D eigenvalue weighted by Crippen LogP contribution is 2.14. The molecule has 1 aromatic carbocycles. The molecule has 3 N–H and O–H groups in total. The number of carbonyl (C=O) groups excluding carboxylic acids is 1. The van der Waals surface area contributed by atoms with E-state index in [1.807, 2.05) is 0 Å². The molecule has 0 aliphatic rings. The Balaban J connectivity index is 0.00000529. The van der Waals surface area contributed by atoms with Crippen molar-refractivity contribution in [2.24, 2.45) is 0 Å². The van der Waals surface area contributed by atoms with E-state index in [1.54, 1.807) is 19.3 Å². The molecular weight excluding hydrogens is 371 g/mol. The van der Waals surface area contributed by atoms with Gasteiger partial charge in [0.25, 0.3) is 5.91 Å². The minimum absolute atomic E-state index is 0. The lowest BCUT2D eigenvalue weighted by atomic mass is 10.2. The SMILES string of the molecule is CNC(C)CNS(=O)(=O)c1cccc(C(=O)NCC(F)(F)F)c1.Cl. The van der Waals surface area contributed by atoms with E-state index in [0.29, 0.717) is 0 Å². The summed E-state index contributed by atoms with van der Waals surface area (Å²) in [7, 11) is -2.19. The number of hydrogen-bond acceptors (Lipinski definition) is 4. The van der Waals surface area contributed by atoms with Gasteiger partial charge >= 0.3 is 6.18 Å². The van der Waals surface area contributed by atoms with Crippen LogP contribution in [0.25, 0.3) is 0 Å². The average molecular weight is 390 g/mol. The molecule has 0 saturated heterocycles. The van der Waals surface area contributed by atoms with E-state index in [9.17, 15) is 26.4 Å². The Morgan fingerprint density at radius 3 is 2.46 bits per heavy atom. The summed E-state index contributed by atoms with van der Waals surface area (Å²) < 4.78 is 62.8. The van der Waals surface area contributed by atoms with E-state index < -0.39 is 28.7 Å². The second-order valence-corrected chi connectivity index (χ2v) is 6.63. The minimum Gasteiger partial charge on any atom is -0.343 e. The van der Waals surface area contributed by atoms with Gasteiger partial charge in [0.2, 0.25) is 10.0 Å². The molecule has 0 fully saturated rings. The summed E-state index contributed by atoms with van der Waals surface area (Å²) in [5.74, 6) is -0.997. The van der Waals surface area contributed by atoms with Crippen LogP contribution >= 0.6 is 12.4 Å². The molecule has 0 aromatic heterocycles. The number of nitrogens with one attached hydrogen (secondary N) is 3. The van der Waals surface area contributed by atoms with Gasteiger partial charge in [-0.25, -0.2) is 13.1 Å². The molecule has 0 bridgehead atoms. The van der Waals surface area contributed by atoms with Crippen LogP contribution in [0.15, 0.2) is 29.2 Å². The number of halogens is 4. The Bertz CT molecular complexity index is 653. The Hall–Kier alpha value is -1.36. The lowest BCUT2D eigenvalue weighted by Gasteiger charge is -2.13. The number of amides is 1. The highest BCUT2D eigenvalue weighted by molar-refractivity contribution is 7.89. The topological polar surface area (TPSA) is 87.3 Å². The van der Waals surface area contributed by atoms with Gasteiger partial charge < -0.3 is 10.6 Å². The maximum absolute atomic E-state index is 12.1. The average Bonchev–Trinajstić information content (AvgIpc) is 2.49. The molecule has 1 unspecified atom stereocenters. The van der Waals surface area contributed by atoms with Crippen molar-refractivity contribution in [3.05, 3.63) is 29.8 Å². The monoisotopic (exact) mass is 389 g/mol. The maximum atomic E-state index is 12.1. The van der Waals surface area contributed by atoms with Crippen molar-refractivity contribution in [2.45, 2.75) is 24.0 Å². The number of hydrogen-bond donors (Lipinski definition) is 3. The number of rotatable bonds is 7. The Kier molecular flexibility index (Phi) is 8.69. The minimum atomic E-state index is -4.54. The maximum Gasteiger partial charge on any atom is 0.405 e. The van der Waals surface area contributed by atoms with Gasteiger partial charge in [-0.2, -0.15) is 13.2 Å². The lowest BCUT2D eigenvalue weighted by Crippen LogP contribution is -2.37. The van der Waals surface area contributed by atoms with Gasteiger partial charge in [-0.3, -0.25) is 4.79 Å². The Morgan fingerprint density at radius 2 is 1.92 bits per heavy atom. The van der Waals surface area contributed by atoms with Gasteiger partial charge in [-0.1, -0.05) is 6.07 Å². The third-order valence-electron chi connectivity index (χ3n) is 2.93. The number of benzene rings is 1. The first-order valence-corrected chi connectivity index (χ1v) is 8.15. The van der Waals surface area contributed by atoms with Crippen molar-refractivity contribution in [1.82, 2.24) is 15.4 Å². The van der Waals surface area contributed by atoms with Crippen LogP contribution in [0.2, 0.25) is 0 Å². The zero-order valence-corrected chi connectivity index (χ0v) is 14.6. The fraction of sp³-hybridized carbons (Fsp3) is 0.462. The fourth-order valence-corrected chi connectivity index (χ4v) is 2.68. The molecule has 24 heavy (non-hydrogen) atoms. The zero-order chi connectivity index (χ0) is 17.7. The second kappa shape index (κ2) is 9.21. The standard InChI is InChI=1S/C13H18F3N3O3S.ClH/c1-9(17-2)7-19-23(21,22)11-5-3-4-10(6-11)12(20)18-8-13(14,15)16;/h3-6,9,17,19H,7-8H2,1-2H3,(H,18,20);1H. The summed E-state index contributed by atoms with van der Waals surface area (Å²) in [6.45, 7) is 0.410. The Labute approximate surface area is 144 Å². The van der Waals surface area contributed by atoms with Crippen molar-refractivity contribution < 1.29 is 26.4 Å². The van der Waals surface area contributed by atoms with Gasteiger partial charge in [-0.15, -0.1) is 12.4 Å². The van der Waals surface area contributed by atoms with Gasteiger partial charge in [0, 0.05) is 18.2 Å². The van der Waals surface area contributed by atoms with Gasteiger partial charge in [0.15, 0.2) is 0 Å². The summed E-state index contributed by atoms with van der Waals surface area (Å²) in [5.41, 5.74) is -0.168. The first kappa shape index (κ1) is 22.6. The van der Waals surface area contributed by atoms with Crippen molar-refractivity contribution in [3.63, 3.8) is 0 Å². The molecular formula is C13H19ClF3N3O3S. The van der Waals surface area contributed by atoms with E-state index >= 15 is 0 Å². The number of sulfonamides is 1. The summed E-state index contributed by atoms with van der Waals surface area (Å²) in [6.07, 6.45) is -4.54. The van der Waals surface area contributed by atoms with Crippen LogP contribution in [-0.4, -0.2) is 46.7 Å². The molecule has 11 heteroatoms. The van der Waals surface area contributed by atoms with Crippen LogP contribution in [0.1, 0.15) is 17.3 Å². The zero-order valence-electron chi connectivity index (χ0n) is 13.0. The first-order chi connectivity index (χ1) is 10.5. The summed E-state index contributed by atoms with van der Waals surface area (Å²) in [5, 5.41) is 4.54. The van der Waals surface area contributed by atoms with E-state index in [0.717, 1.165) is 6.07 Å². The highest BCUT2D eigenvalue weighted by Gasteiger charge is 2.28. The molecule has 1 amide bonds. The van der Waals surface area contributed by atoms with Crippen LogP contribution in [-0.2, 0) is 10.0 Å². The van der Waals surface area contributed by atoms with Crippen molar-refractivity contribution in [3.8, 4) is 0 Å². The Morgan fingerprint density at radius 1 is 1.29 bits per heavy atom. The number of likely N-dealkylation sites (N-methyl/N-ethyl adjacent to an activating group) is 1. The molecule has 0 saturated carbocycles. The molecule has 0 spiro atoms.